The van der Waals surface area contributed by atoms with Gasteiger partial charge < -0.3 is 20.6 Å². The molecule has 0 atom stereocenters. The Hall–Kier alpha value is -3.54. The van der Waals surface area contributed by atoms with Crippen LogP contribution in [0, 0.1) is 0 Å². The topological polar surface area (TPSA) is 82.2 Å². The first kappa shape index (κ1) is 42.2. The Morgan fingerprint density at radius 1 is 0.472 bits per heavy atom. The zero-order valence-electron chi connectivity index (χ0n) is 33.9. The number of aromatic nitrogens is 4. The van der Waals surface area contributed by atoms with E-state index in [0.29, 0.717) is 0 Å². The summed E-state index contributed by atoms with van der Waals surface area (Å²) < 4.78 is 0. The molecule has 4 aliphatic heterocycles. The van der Waals surface area contributed by atoms with Crippen LogP contribution in [-0.4, -0.2) is 29.6 Å². The van der Waals surface area contributed by atoms with Gasteiger partial charge >= 0.3 is 0 Å². The third-order valence-electron chi connectivity index (χ3n) is 10.6. The maximum Gasteiger partial charge on any atom is 0.0660 e. The molecule has 7 heteroatoms. The summed E-state index contributed by atoms with van der Waals surface area (Å²) in [6.45, 7) is 21.0. The number of piperidine rings is 1. The minimum Gasteiger partial charge on any atom is -0.687 e. The summed E-state index contributed by atoms with van der Waals surface area (Å²) in [5, 5.41) is 8.09. The molecule has 7 heterocycles. The Bertz CT molecular complexity index is 1720. The molecule has 3 aromatic heterocycles. The second-order valence-electron chi connectivity index (χ2n) is 13.6. The van der Waals surface area contributed by atoms with Gasteiger partial charge in [0.1, 0.15) is 0 Å². The first-order valence-corrected chi connectivity index (χ1v) is 20.2. The van der Waals surface area contributed by atoms with Crippen LogP contribution in [0.15, 0.2) is 48.7 Å². The summed E-state index contributed by atoms with van der Waals surface area (Å²) in [5.74, 6) is 0. The predicted octanol–water partition coefficient (Wildman–Crippen LogP) is 12.3. The first-order chi connectivity index (χ1) is 25.5. The van der Waals surface area contributed by atoms with E-state index in [1.54, 1.807) is 6.20 Å². The number of allylic oxidation sites excluding steroid dienone is 6. The van der Waals surface area contributed by atoms with E-state index in [0.717, 1.165) is 116 Å². The summed E-state index contributed by atoms with van der Waals surface area (Å²) in [6, 6.07) is 8.98. The van der Waals surface area contributed by atoms with Crippen LogP contribution in [0.5, 0.6) is 0 Å². The molecule has 0 aliphatic carbocycles. The Labute approximate surface area is 332 Å². The molecule has 1 saturated heterocycles. The number of aryl methyl sites for hydroxylation is 4. The smallest absolute Gasteiger partial charge is 0.0660 e. The maximum absolute atomic E-state index is 5.25. The first-order valence-electron chi connectivity index (χ1n) is 20.2. The molecule has 3 aromatic rings. The van der Waals surface area contributed by atoms with Crippen molar-refractivity contribution in [2.75, 3.05) is 19.6 Å². The normalized spacial score (nSPS) is 14.9. The molecule has 0 saturated carbocycles. The van der Waals surface area contributed by atoms with Gasteiger partial charge in [-0.2, -0.15) is 6.20 Å². The molecule has 0 aromatic carbocycles. The standard InChI is InChI=1S/C36H44N4.C5H10N.C5H6N.Zn/c1-9-21-22(10-2)30-18-32-25(13-5)26(14-6)34(39-32)20-36-28(16-8)27(15-7)35(40-36)19-33-24(12-4)23(11-3)31(38-33)17-29(21)37-30;2*1-2-4-6-5-3-1;/h17-20H,9-16H2,1-8H3;1-5H2;1-4H,5H2;/q-2;2*-1;. The largest absolute Gasteiger partial charge is 0.687 e. The van der Waals surface area contributed by atoms with Gasteiger partial charge in [0.2, 0.25) is 0 Å². The minimum atomic E-state index is 0. The molecule has 7 rings (SSSR count). The van der Waals surface area contributed by atoms with Gasteiger partial charge in [-0.15, -0.1) is 47.8 Å². The maximum atomic E-state index is 5.25. The van der Waals surface area contributed by atoms with Crippen molar-refractivity contribution in [1.29, 1.82) is 0 Å². The van der Waals surface area contributed by atoms with Crippen LogP contribution < -0.4 is 9.97 Å². The summed E-state index contributed by atoms with van der Waals surface area (Å²) >= 11 is 0. The van der Waals surface area contributed by atoms with Gasteiger partial charge in [-0.05, 0) is 73.7 Å². The van der Waals surface area contributed by atoms with Crippen molar-refractivity contribution >= 4 is 44.4 Å². The zero-order valence-corrected chi connectivity index (χ0v) is 36.9. The number of hydrogen-bond donors (Lipinski definition) is 0. The van der Waals surface area contributed by atoms with Crippen molar-refractivity contribution in [1.82, 2.24) is 19.9 Å². The fourth-order valence-corrected chi connectivity index (χ4v) is 8.03. The van der Waals surface area contributed by atoms with Gasteiger partial charge in [0.15, 0.2) is 0 Å². The average Bonchev–Trinajstić information content (AvgIpc) is 3.91. The van der Waals surface area contributed by atoms with E-state index in [2.05, 4.69) is 90.3 Å². The molecule has 280 valence electrons. The van der Waals surface area contributed by atoms with Crippen LogP contribution in [0.2, 0.25) is 0 Å². The van der Waals surface area contributed by atoms with E-state index in [1.807, 2.05) is 18.2 Å². The SMILES string of the molecule is C1=CC[N-]C=C1.C1CC[N-]CC1.CCC1=C(CC)c2cc3[n-]c(cc4nc(cc5[n-]c(cc1n2)c(CC)c5CC)C(CC)=C4CC)c(CC)c3CC.[Zn]. The zero-order chi connectivity index (χ0) is 37.0. The van der Waals surface area contributed by atoms with Crippen LogP contribution in [-0.2, 0) is 45.2 Å². The molecule has 0 N–H and O–H groups in total. The van der Waals surface area contributed by atoms with Crippen molar-refractivity contribution in [3.05, 3.63) is 104 Å². The average molecular weight is 762 g/mol. The molecule has 8 bridgehead atoms. The van der Waals surface area contributed by atoms with Crippen LogP contribution in [0.3, 0.4) is 0 Å². The molecule has 53 heavy (non-hydrogen) atoms. The molecule has 0 spiro atoms. The van der Waals surface area contributed by atoms with Gasteiger partial charge in [0, 0.05) is 19.5 Å². The van der Waals surface area contributed by atoms with E-state index in [-0.39, 0.29) is 19.5 Å². The van der Waals surface area contributed by atoms with Crippen molar-refractivity contribution in [2.45, 2.75) is 126 Å². The minimum absolute atomic E-state index is 0. The summed E-state index contributed by atoms with van der Waals surface area (Å²) in [5.41, 5.74) is 19.1. The van der Waals surface area contributed by atoms with E-state index in [1.165, 1.54) is 63.8 Å². The molecular formula is C46H60N6Zn-4. The van der Waals surface area contributed by atoms with Gasteiger partial charge in [0.05, 0.1) is 22.8 Å². The Morgan fingerprint density at radius 3 is 1.00 bits per heavy atom. The van der Waals surface area contributed by atoms with Gasteiger partial charge in [-0.1, -0.05) is 133 Å². The molecule has 0 unspecified atom stereocenters. The van der Waals surface area contributed by atoms with Crippen LogP contribution >= 0.6 is 0 Å². The van der Waals surface area contributed by atoms with Crippen molar-refractivity contribution in [2.24, 2.45) is 0 Å². The Kier molecular flexibility index (Phi) is 16.6. The van der Waals surface area contributed by atoms with Crippen LogP contribution in [0.4, 0.5) is 0 Å². The van der Waals surface area contributed by atoms with Gasteiger partial charge in [0.25, 0.3) is 0 Å². The molecule has 4 aliphatic rings. The monoisotopic (exact) mass is 760 g/mol. The predicted molar refractivity (Wildman–Crippen MR) is 225 cm³/mol. The molecule has 1 fully saturated rings. The quantitative estimate of drug-likeness (QED) is 0.214. The number of rotatable bonds is 8. The van der Waals surface area contributed by atoms with Crippen molar-refractivity contribution in [3.63, 3.8) is 0 Å². The molecule has 6 nitrogen and oxygen atoms in total. The molecule has 0 radical (unpaired) electrons. The summed E-state index contributed by atoms with van der Waals surface area (Å²) in [7, 11) is 0. The van der Waals surface area contributed by atoms with E-state index >= 15 is 0 Å². The number of hydrogen-bond acceptors (Lipinski definition) is 2. The van der Waals surface area contributed by atoms with Gasteiger partial charge in [-0.3, -0.25) is 0 Å². The molecular weight excluding hydrogens is 702 g/mol. The van der Waals surface area contributed by atoms with Crippen LogP contribution in [0.1, 0.15) is 145 Å². The van der Waals surface area contributed by atoms with Crippen molar-refractivity contribution < 1.29 is 19.5 Å². The van der Waals surface area contributed by atoms with E-state index in [4.69, 9.17) is 19.9 Å². The van der Waals surface area contributed by atoms with Crippen molar-refractivity contribution in [3.8, 4) is 0 Å². The number of fused-ring (bicyclic) bond motifs is 8. The fraction of sp³-hybridized carbons (Fsp3) is 0.478. The third-order valence-corrected chi connectivity index (χ3v) is 10.6. The molecule has 0 amide bonds. The van der Waals surface area contributed by atoms with E-state index in [9.17, 15) is 0 Å². The second kappa shape index (κ2) is 20.8. The Balaban J connectivity index is 0.000000408. The summed E-state index contributed by atoms with van der Waals surface area (Å²) in [4.78, 5) is 21.0. The van der Waals surface area contributed by atoms with E-state index < -0.39 is 0 Å². The summed E-state index contributed by atoms with van der Waals surface area (Å²) in [6.07, 6.45) is 19.4. The van der Waals surface area contributed by atoms with Gasteiger partial charge in [-0.25, -0.2) is 9.97 Å². The van der Waals surface area contributed by atoms with Crippen LogP contribution in [0.25, 0.3) is 55.0 Å². The fourth-order valence-electron chi connectivity index (χ4n) is 8.03. The third kappa shape index (κ3) is 9.59. The Morgan fingerprint density at radius 2 is 0.830 bits per heavy atom. The number of nitrogens with zero attached hydrogens (tertiary/aromatic N) is 6. The second-order valence-corrected chi connectivity index (χ2v) is 13.6.